The van der Waals surface area contributed by atoms with Crippen LogP contribution in [0.1, 0.15) is 17.2 Å². The van der Waals surface area contributed by atoms with Crippen LogP contribution in [0.25, 0.3) is 0 Å². The first-order valence-corrected chi connectivity index (χ1v) is 7.18. The topological polar surface area (TPSA) is 96.9 Å². The lowest BCUT2D eigenvalue weighted by Crippen LogP contribution is -2.17. The van der Waals surface area contributed by atoms with Gasteiger partial charge < -0.3 is 19.9 Å². The van der Waals surface area contributed by atoms with Crippen molar-refractivity contribution in [2.24, 2.45) is 5.73 Å². The molecule has 0 bridgehead atoms. The average molecular weight is 409 g/mol. The molecular formula is C16H16ClF3N2O5. The van der Waals surface area contributed by atoms with Crippen LogP contribution in [0, 0.1) is 10.1 Å². The zero-order valence-corrected chi connectivity index (χ0v) is 15.0. The number of nitrogens with two attached hydrogens (primary N) is 1. The number of halogens is 4. The molecule has 0 amide bonds. The van der Waals surface area contributed by atoms with Gasteiger partial charge in [-0.1, -0.05) is 12.1 Å². The van der Waals surface area contributed by atoms with Gasteiger partial charge in [-0.3, -0.25) is 10.1 Å². The molecule has 7 nitrogen and oxygen atoms in total. The predicted molar refractivity (Wildman–Crippen MR) is 92.6 cm³/mol. The van der Waals surface area contributed by atoms with E-state index in [1.165, 1.54) is 38.5 Å². The van der Waals surface area contributed by atoms with Crippen LogP contribution in [-0.2, 0) is 0 Å². The lowest BCUT2D eigenvalue weighted by molar-refractivity contribution is -0.385. The summed E-state index contributed by atoms with van der Waals surface area (Å²) in [5.74, 6) is -0.0279. The zero-order valence-electron chi connectivity index (χ0n) is 14.1. The molecule has 2 rings (SSSR count). The molecule has 0 heterocycles. The summed E-state index contributed by atoms with van der Waals surface area (Å²) in [5.41, 5.74) is 6.26. The second-order valence-corrected chi connectivity index (χ2v) is 5.12. The van der Waals surface area contributed by atoms with Gasteiger partial charge in [0.05, 0.1) is 36.8 Å². The average Bonchev–Trinajstić information content (AvgIpc) is 2.59. The lowest BCUT2D eigenvalue weighted by atomic mass is 9.97. The third-order valence-electron chi connectivity index (χ3n) is 3.54. The fraction of sp³-hybridized carbons (Fsp3) is 0.250. The Balaban J connectivity index is 0.00000364. The molecule has 0 spiro atoms. The van der Waals surface area contributed by atoms with Crippen LogP contribution in [0.4, 0.5) is 18.9 Å². The highest BCUT2D eigenvalue weighted by Gasteiger charge is 2.31. The summed E-state index contributed by atoms with van der Waals surface area (Å²) >= 11 is 0. The van der Waals surface area contributed by atoms with Crippen LogP contribution < -0.4 is 19.9 Å². The van der Waals surface area contributed by atoms with E-state index in [1.54, 1.807) is 0 Å². The van der Waals surface area contributed by atoms with E-state index in [0.717, 1.165) is 12.1 Å². The number of alkyl halides is 3. The molecule has 2 aromatic carbocycles. The molecule has 1 atom stereocenters. The number of ether oxygens (including phenoxy) is 3. The molecule has 0 saturated heterocycles. The van der Waals surface area contributed by atoms with Crippen LogP contribution in [-0.4, -0.2) is 25.5 Å². The van der Waals surface area contributed by atoms with Crippen molar-refractivity contribution < 1.29 is 32.3 Å². The van der Waals surface area contributed by atoms with E-state index in [9.17, 15) is 23.3 Å². The Morgan fingerprint density at radius 3 is 2.04 bits per heavy atom. The first kappa shape index (κ1) is 22.3. The van der Waals surface area contributed by atoms with Crippen molar-refractivity contribution in [2.45, 2.75) is 12.4 Å². The summed E-state index contributed by atoms with van der Waals surface area (Å²) < 4.78 is 50.6. The molecule has 0 fully saturated rings. The third kappa shape index (κ3) is 5.38. The summed E-state index contributed by atoms with van der Waals surface area (Å²) in [4.78, 5) is 10.7. The molecule has 2 aromatic rings. The van der Waals surface area contributed by atoms with E-state index in [2.05, 4.69) is 4.74 Å². The number of benzene rings is 2. The second kappa shape index (κ2) is 8.78. The zero-order chi connectivity index (χ0) is 19.5. The Hall–Kier alpha value is -2.72. The van der Waals surface area contributed by atoms with Gasteiger partial charge in [0.25, 0.3) is 5.69 Å². The normalized spacial score (nSPS) is 11.9. The summed E-state index contributed by atoms with van der Waals surface area (Å²) in [7, 11) is 2.70. The number of nitro groups is 1. The quantitative estimate of drug-likeness (QED) is 0.573. The number of nitro benzene ring substituents is 1. The Bertz CT molecular complexity index is 800. The minimum atomic E-state index is -4.81. The second-order valence-electron chi connectivity index (χ2n) is 5.12. The molecule has 2 N–H and O–H groups in total. The molecule has 0 unspecified atom stereocenters. The van der Waals surface area contributed by atoms with Gasteiger partial charge in [0.1, 0.15) is 5.75 Å². The van der Waals surface area contributed by atoms with Gasteiger partial charge in [0.15, 0.2) is 11.5 Å². The highest BCUT2D eigenvalue weighted by molar-refractivity contribution is 5.85. The van der Waals surface area contributed by atoms with Crippen molar-refractivity contribution in [1.29, 1.82) is 0 Å². The van der Waals surface area contributed by atoms with Crippen molar-refractivity contribution in [2.75, 3.05) is 14.2 Å². The van der Waals surface area contributed by atoms with Crippen molar-refractivity contribution >= 4 is 18.1 Å². The summed E-state index contributed by atoms with van der Waals surface area (Å²) in [6, 6.07) is 6.31. The maximum atomic E-state index is 12.2. The monoisotopic (exact) mass is 408 g/mol. The molecule has 0 saturated carbocycles. The van der Waals surface area contributed by atoms with Crippen LogP contribution >= 0.6 is 12.4 Å². The fourth-order valence-electron chi connectivity index (χ4n) is 2.35. The maximum Gasteiger partial charge on any atom is 0.573 e. The smallest absolute Gasteiger partial charge is 0.493 e. The summed E-state index contributed by atoms with van der Waals surface area (Å²) in [6.07, 6.45) is -4.81. The summed E-state index contributed by atoms with van der Waals surface area (Å²) in [5, 5.41) is 11.3. The van der Waals surface area contributed by atoms with Crippen molar-refractivity contribution in [3.05, 3.63) is 57.6 Å². The van der Waals surface area contributed by atoms with E-state index in [1.807, 2.05) is 0 Å². The van der Waals surface area contributed by atoms with Gasteiger partial charge in [-0.2, -0.15) is 0 Å². The van der Waals surface area contributed by atoms with E-state index < -0.39 is 23.1 Å². The standard InChI is InChI=1S/C16H15F3N2O5.ClH/c1-24-13-7-11(12(21(22)23)8-14(13)25-2)15(20)9-3-5-10(6-4-9)26-16(17,18)19;/h3-8,15H,20H2,1-2H3;1H/t15-;/m1./s1. The molecule has 27 heavy (non-hydrogen) atoms. The first-order chi connectivity index (χ1) is 12.2. The van der Waals surface area contributed by atoms with Crippen LogP contribution in [0.3, 0.4) is 0 Å². The van der Waals surface area contributed by atoms with Crippen LogP contribution in [0.2, 0.25) is 0 Å². The van der Waals surface area contributed by atoms with Gasteiger partial charge in [0.2, 0.25) is 0 Å². The molecule has 0 aliphatic heterocycles. The highest BCUT2D eigenvalue weighted by atomic mass is 35.5. The Kier molecular flexibility index (Phi) is 7.26. The summed E-state index contributed by atoms with van der Waals surface area (Å²) in [6.45, 7) is 0. The fourth-order valence-corrected chi connectivity index (χ4v) is 2.35. The first-order valence-electron chi connectivity index (χ1n) is 7.18. The van der Waals surface area contributed by atoms with E-state index in [0.29, 0.717) is 5.56 Å². The van der Waals surface area contributed by atoms with Crippen LogP contribution in [0.5, 0.6) is 17.2 Å². The number of hydrogen-bond donors (Lipinski definition) is 1. The Morgan fingerprint density at radius 2 is 1.59 bits per heavy atom. The van der Waals surface area contributed by atoms with Gasteiger partial charge in [-0.25, -0.2) is 0 Å². The minimum absolute atomic E-state index is 0. The Morgan fingerprint density at radius 1 is 1.07 bits per heavy atom. The van der Waals surface area contributed by atoms with Crippen molar-refractivity contribution in [3.8, 4) is 17.2 Å². The SMILES string of the molecule is COc1cc([C@H](N)c2ccc(OC(F)(F)F)cc2)c([N+](=O)[O-])cc1OC.Cl. The number of nitrogens with zero attached hydrogens (tertiary/aromatic N) is 1. The minimum Gasteiger partial charge on any atom is -0.493 e. The van der Waals surface area contributed by atoms with Crippen LogP contribution in [0.15, 0.2) is 36.4 Å². The molecule has 148 valence electrons. The van der Waals surface area contributed by atoms with Gasteiger partial charge in [0, 0.05) is 0 Å². The van der Waals surface area contributed by atoms with E-state index >= 15 is 0 Å². The molecule has 0 aromatic heterocycles. The molecule has 0 aliphatic rings. The van der Waals surface area contributed by atoms with Crippen molar-refractivity contribution in [3.63, 3.8) is 0 Å². The van der Waals surface area contributed by atoms with Crippen molar-refractivity contribution in [1.82, 2.24) is 0 Å². The molecule has 0 aliphatic carbocycles. The maximum absolute atomic E-state index is 12.2. The highest BCUT2D eigenvalue weighted by Crippen LogP contribution is 2.38. The van der Waals surface area contributed by atoms with E-state index in [4.69, 9.17) is 15.2 Å². The van der Waals surface area contributed by atoms with E-state index in [-0.39, 0.29) is 35.2 Å². The number of rotatable bonds is 6. The number of hydrogen-bond acceptors (Lipinski definition) is 6. The molecule has 0 radical (unpaired) electrons. The molecular weight excluding hydrogens is 393 g/mol. The van der Waals surface area contributed by atoms with Gasteiger partial charge >= 0.3 is 6.36 Å². The largest absolute Gasteiger partial charge is 0.573 e. The van der Waals surface area contributed by atoms with Gasteiger partial charge in [-0.15, -0.1) is 25.6 Å². The van der Waals surface area contributed by atoms with Gasteiger partial charge in [-0.05, 0) is 23.8 Å². The molecule has 11 heteroatoms. The lowest BCUT2D eigenvalue weighted by Gasteiger charge is -2.16. The predicted octanol–water partition coefficient (Wildman–Crippen LogP) is 3.98. The Labute approximate surface area is 158 Å². The third-order valence-corrected chi connectivity index (χ3v) is 3.54. The number of methoxy groups -OCH3 is 2.